The fraction of sp³-hybridized carbons (Fsp3) is 0.200. The lowest BCUT2D eigenvalue weighted by molar-refractivity contribution is 0.0955. The Morgan fingerprint density at radius 2 is 1.88 bits per heavy atom. The lowest BCUT2D eigenvalue weighted by Gasteiger charge is -2.05. The van der Waals surface area contributed by atoms with Gasteiger partial charge in [0.05, 0.1) is 16.1 Å². The van der Waals surface area contributed by atoms with E-state index in [4.69, 9.17) is 4.42 Å². The van der Waals surface area contributed by atoms with Gasteiger partial charge in [-0.1, -0.05) is 30.3 Å². The van der Waals surface area contributed by atoms with Crippen molar-refractivity contribution in [2.24, 2.45) is 0 Å². The topological polar surface area (TPSA) is 71.3 Å². The van der Waals surface area contributed by atoms with E-state index in [0.29, 0.717) is 16.4 Å². The number of carbonyl (C=O) groups is 2. The summed E-state index contributed by atoms with van der Waals surface area (Å²) in [7, 11) is 0. The molecule has 0 spiro atoms. The number of carbonyl (C=O) groups excluding carboxylic acids is 2. The van der Waals surface area contributed by atoms with Crippen molar-refractivity contribution in [3.63, 3.8) is 0 Å². The largest absolute Gasteiger partial charge is 0.459 e. The van der Waals surface area contributed by atoms with E-state index in [0.717, 1.165) is 18.4 Å². The number of nitrogens with one attached hydrogen (secondary N) is 2. The van der Waals surface area contributed by atoms with Gasteiger partial charge >= 0.3 is 0 Å². The summed E-state index contributed by atoms with van der Waals surface area (Å²) >= 11 is 1.26. The van der Waals surface area contributed by atoms with Crippen LogP contribution in [0.3, 0.4) is 0 Å². The predicted octanol–water partition coefficient (Wildman–Crippen LogP) is 4.26. The minimum absolute atomic E-state index is 0.112. The third-order valence-electron chi connectivity index (χ3n) is 3.88. The highest BCUT2D eigenvalue weighted by Gasteiger charge is 2.16. The zero-order chi connectivity index (χ0) is 18.4. The summed E-state index contributed by atoms with van der Waals surface area (Å²) in [4.78, 5) is 25.0. The molecule has 0 fully saturated rings. The third kappa shape index (κ3) is 4.61. The number of thiophene rings is 1. The number of furan rings is 1. The van der Waals surface area contributed by atoms with Crippen molar-refractivity contribution in [1.82, 2.24) is 5.32 Å². The molecule has 2 N–H and O–H groups in total. The van der Waals surface area contributed by atoms with Crippen molar-refractivity contribution in [2.45, 2.75) is 19.8 Å². The number of hydrogen-bond acceptors (Lipinski definition) is 4. The fourth-order valence-corrected chi connectivity index (χ4v) is 3.55. The summed E-state index contributed by atoms with van der Waals surface area (Å²) in [5.74, 6) is -0.201. The number of aryl methyl sites for hydroxylation is 2. The predicted molar refractivity (Wildman–Crippen MR) is 103 cm³/mol. The second kappa shape index (κ2) is 8.49. The van der Waals surface area contributed by atoms with Crippen LogP contribution in [0.25, 0.3) is 0 Å². The number of rotatable bonds is 7. The van der Waals surface area contributed by atoms with Crippen molar-refractivity contribution in [1.29, 1.82) is 0 Å². The maximum Gasteiger partial charge on any atom is 0.291 e. The van der Waals surface area contributed by atoms with Crippen LogP contribution in [0.2, 0.25) is 0 Å². The van der Waals surface area contributed by atoms with Crippen LogP contribution >= 0.6 is 11.3 Å². The van der Waals surface area contributed by atoms with Crippen LogP contribution in [0.4, 0.5) is 5.00 Å². The van der Waals surface area contributed by atoms with Gasteiger partial charge in [0.2, 0.25) is 0 Å². The molecule has 3 aromatic rings. The Balaban J connectivity index is 1.51. The molecule has 2 heterocycles. The van der Waals surface area contributed by atoms with E-state index in [1.807, 2.05) is 25.1 Å². The average molecular weight is 368 g/mol. The zero-order valence-electron chi connectivity index (χ0n) is 14.5. The standard InChI is InChI=1S/C20H20N2O3S/c1-14-13-17(22-19(23)16-10-6-12-25-16)26-18(14)20(24)21-11-5-9-15-7-3-2-4-8-15/h2-4,6-8,10,12-13H,5,9,11H2,1H3,(H,21,24)(H,22,23). The van der Waals surface area contributed by atoms with E-state index >= 15 is 0 Å². The highest BCUT2D eigenvalue weighted by molar-refractivity contribution is 7.18. The average Bonchev–Trinajstić information content (AvgIpc) is 3.29. The summed E-state index contributed by atoms with van der Waals surface area (Å²) < 4.78 is 5.07. The Hall–Kier alpha value is -2.86. The zero-order valence-corrected chi connectivity index (χ0v) is 15.3. The first kappa shape index (κ1) is 17.9. The summed E-state index contributed by atoms with van der Waals surface area (Å²) in [6.07, 6.45) is 3.25. The molecular weight excluding hydrogens is 348 g/mol. The maximum atomic E-state index is 12.4. The van der Waals surface area contributed by atoms with Crippen molar-refractivity contribution < 1.29 is 14.0 Å². The molecule has 0 aliphatic carbocycles. The first-order valence-corrected chi connectivity index (χ1v) is 9.22. The Kier molecular flexibility index (Phi) is 5.86. The molecule has 0 atom stereocenters. The second-order valence-electron chi connectivity index (χ2n) is 5.90. The van der Waals surface area contributed by atoms with Gasteiger partial charge in [-0.15, -0.1) is 11.3 Å². The van der Waals surface area contributed by atoms with Gasteiger partial charge in [0, 0.05) is 6.54 Å². The number of benzene rings is 1. The van der Waals surface area contributed by atoms with Gasteiger partial charge in [-0.25, -0.2) is 0 Å². The molecule has 0 bridgehead atoms. The van der Waals surface area contributed by atoms with Crippen molar-refractivity contribution >= 4 is 28.2 Å². The van der Waals surface area contributed by atoms with E-state index in [-0.39, 0.29) is 17.6 Å². The lowest BCUT2D eigenvalue weighted by atomic mass is 10.1. The highest BCUT2D eigenvalue weighted by atomic mass is 32.1. The Labute approximate surface area is 156 Å². The molecule has 6 heteroatoms. The van der Waals surface area contributed by atoms with Gasteiger partial charge in [-0.05, 0) is 49.1 Å². The van der Waals surface area contributed by atoms with Crippen molar-refractivity contribution in [3.05, 3.63) is 76.6 Å². The summed E-state index contributed by atoms with van der Waals surface area (Å²) in [6.45, 7) is 2.47. The minimum Gasteiger partial charge on any atom is -0.459 e. The number of amides is 2. The molecule has 5 nitrogen and oxygen atoms in total. The van der Waals surface area contributed by atoms with Gasteiger partial charge < -0.3 is 15.1 Å². The molecule has 0 radical (unpaired) electrons. The molecule has 0 aliphatic rings. The van der Waals surface area contributed by atoms with E-state index in [2.05, 4.69) is 22.8 Å². The number of anilines is 1. The van der Waals surface area contributed by atoms with E-state index < -0.39 is 0 Å². The van der Waals surface area contributed by atoms with Gasteiger partial charge in [0.1, 0.15) is 0 Å². The molecule has 1 aromatic carbocycles. The molecule has 134 valence electrons. The monoisotopic (exact) mass is 368 g/mol. The summed E-state index contributed by atoms with van der Waals surface area (Å²) in [5.41, 5.74) is 2.10. The highest BCUT2D eigenvalue weighted by Crippen LogP contribution is 2.27. The Morgan fingerprint density at radius 1 is 1.08 bits per heavy atom. The molecule has 0 unspecified atom stereocenters. The molecule has 26 heavy (non-hydrogen) atoms. The van der Waals surface area contributed by atoms with Crippen LogP contribution < -0.4 is 10.6 Å². The first-order chi connectivity index (χ1) is 12.6. The first-order valence-electron chi connectivity index (χ1n) is 8.41. The normalized spacial score (nSPS) is 10.5. The minimum atomic E-state index is -0.328. The summed E-state index contributed by atoms with van der Waals surface area (Å²) in [6, 6.07) is 15.2. The van der Waals surface area contributed by atoms with E-state index in [1.165, 1.54) is 23.2 Å². The van der Waals surface area contributed by atoms with Gasteiger partial charge in [0.25, 0.3) is 11.8 Å². The van der Waals surface area contributed by atoms with Crippen LogP contribution in [0.1, 0.15) is 37.8 Å². The molecule has 0 saturated heterocycles. The van der Waals surface area contributed by atoms with Crippen LogP contribution in [0.15, 0.2) is 59.2 Å². The molecule has 3 rings (SSSR count). The Morgan fingerprint density at radius 3 is 2.62 bits per heavy atom. The van der Waals surface area contributed by atoms with Crippen molar-refractivity contribution in [2.75, 3.05) is 11.9 Å². The smallest absolute Gasteiger partial charge is 0.291 e. The van der Waals surface area contributed by atoms with E-state index in [9.17, 15) is 9.59 Å². The molecule has 2 amide bonds. The molecule has 0 aliphatic heterocycles. The van der Waals surface area contributed by atoms with Gasteiger partial charge in [-0.2, -0.15) is 0 Å². The van der Waals surface area contributed by atoms with Crippen molar-refractivity contribution in [3.8, 4) is 0 Å². The third-order valence-corrected chi connectivity index (χ3v) is 5.03. The van der Waals surface area contributed by atoms with Gasteiger partial charge in [0.15, 0.2) is 5.76 Å². The second-order valence-corrected chi connectivity index (χ2v) is 6.95. The Bertz CT molecular complexity index is 870. The number of hydrogen-bond donors (Lipinski definition) is 2. The SMILES string of the molecule is Cc1cc(NC(=O)c2ccco2)sc1C(=O)NCCCc1ccccc1. The fourth-order valence-electron chi connectivity index (χ4n) is 2.57. The van der Waals surface area contributed by atoms with Crippen LogP contribution in [-0.4, -0.2) is 18.4 Å². The van der Waals surface area contributed by atoms with Crippen LogP contribution in [0, 0.1) is 6.92 Å². The maximum absolute atomic E-state index is 12.4. The van der Waals surface area contributed by atoms with E-state index in [1.54, 1.807) is 18.2 Å². The van der Waals surface area contributed by atoms with Gasteiger partial charge in [-0.3, -0.25) is 9.59 Å². The van der Waals surface area contributed by atoms with Crippen LogP contribution in [-0.2, 0) is 6.42 Å². The molecule has 0 saturated carbocycles. The molecule has 2 aromatic heterocycles. The molecular formula is C20H20N2O3S. The van der Waals surface area contributed by atoms with Crippen LogP contribution in [0.5, 0.6) is 0 Å². The summed E-state index contributed by atoms with van der Waals surface area (Å²) in [5, 5.41) is 6.32. The quantitative estimate of drug-likeness (QED) is 0.612. The lowest BCUT2D eigenvalue weighted by Crippen LogP contribution is -2.24.